The van der Waals surface area contributed by atoms with Gasteiger partial charge in [-0.2, -0.15) is 0 Å². The van der Waals surface area contributed by atoms with Gasteiger partial charge in [0, 0.05) is 36.0 Å². The number of fused-ring (bicyclic) bond motifs is 2. The molecule has 0 aliphatic carbocycles. The Hall–Kier alpha value is -1.71. The van der Waals surface area contributed by atoms with Crippen LogP contribution in [0.25, 0.3) is 0 Å². The van der Waals surface area contributed by atoms with E-state index in [1.54, 1.807) is 0 Å². The van der Waals surface area contributed by atoms with Gasteiger partial charge in [-0.25, -0.2) is 0 Å². The van der Waals surface area contributed by atoms with Crippen molar-refractivity contribution in [2.75, 3.05) is 13.2 Å². The lowest BCUT2D eigenvalue weighted by atomic mass is 9.96. The number of hydrogen-bond acceptors (Lipinski definition) is 3. The van der Waals surface area contributed by atoms with E-state index in [0.29, 0.717) is 6.42 Å². The molecule has 1 aromatic carbocycles. The molecule has 1 aromatic rings. The third kappa shape index (κ3) is 1.92. The Balaban J connectivity index is 1.89. The molecule has 0 saturated heterocycles. The molecule has 0 amide bonds. The van der Waals surface area contributed by atoms with Crippen LogP contribution in [0.1, 0.15) is 29.5 Å². The number of hydrogen-bond donors (Lipinski definition) is 1. The van der Waals surface area contributed by atoms with E-state index in [0.717, 1.165) is 44.0 Å². The molecular formula is C14H16O4. The summed E-state index contributed by atoms with van der Waals surface area (Å²) in [6.07, 6.45) is 3.47. The van der Waals surface area contributed by atoms with Crippen molar-refractivity contribution < 1.29 is 19.4 Å². The number of carbonyl (C=O) groups is 1. The first-order valence-corrected chi connectivity index (χ1v) is 6.40. The molecule has 0 unspecified atom stereocenters. The van der Waals surface area contributed by atoms with E-state index in [9.17, 15) is 4.79 Å². The summed E-state index contributed by atoms with van der Waals surface area (Å²) in [5.41, 5.74) is 3.61. The monoisotopic (exact) mass is 248 g/mol. The first-order valence-electron chi connectivity index (χ1n) is 6.40. The molecule has 0 bridgehead atoms. The Kier molecular flexibility index (Phi) is 2.86. The van der Waals surface area contributed by atoms with Crippen molar-refractivity contribution >= 4 is 5.97 Å². The van der Waals surface area contributed by atoms with Crippen LogP contribution in [-0.4, -0.2) is 24.3 Å². The van der Waals surface area contributed by atoms with Gasteiger partial charge in [-0.15, -0.1) is 0 Å². The van der Waals surface area contributed by atoms with Gasteiger partial charge < -0.3 is 14.6 Å². The maximum Gasteiger partial charge on any atom is 0.303 e. The fraction of sp³-hybridized carbons (Fsp3) is 0.500. The molecule has 0 aromatic heterocycles. The lowest BCUT2D eigenvalue weighted by Crippen LogP contribution is -2.00. The van der Waals surface area contributed by atoms with Crippen molar-refractivity contribution in [3.05, 3.63) is 22.8 Å². The molecule has 96 valence electrons. The summed E-state index contributed by atoms with van der Waals surface area (Å²) in [5.74, 6) is 1.23. The average molecular weight is 248 g/mol. The largest absolute Gasteiger partial charge is 0.493 e. The minimum atomic E-state index is -0.739. The predicted octanol–water partition coefficient (Wildman–Crippen LogP) is 1.96. The van der Waals surface area contributed by atoms with Crippen molar-refractivity contribution in [2.45, 2.75) is 32.1 Å². The fourth-order valence-electron chi connectivity index (χ4n) is 2.77. The van der Waals surface area contributed by atoms with Gasteiger partial charge in [0.2, 0.25) is 0 Å². The molecule has 2 heterocycles. The second-order valence-corrected chi connectivity index (χ2v) is 4.76. The third-order valence-corrected chi connectivity index (χ3v) is 3.58. The molecule has 3 rings (SSSR count). The highest BCUT2D eigenvalue weighted by molar-refractivity contribution is 5.66. The lowest BCUT2D eigenvalue weighted by Gasteiger charge is -2.12. The van der Waals surface area contributed by atoms with Gasteiger partial charge in [-0.3, -0.25) is 4.79 Å². The minimum Gasteiger partial charge on any atom is -0.493 e. The van der Waals surface area contributed by atoms with Gasteiger partial charge in [-0.05, 0) is 18.9 Å². The van der Waals surface area contributed by atoms with Crippen LogP contribution in [0, 0.1) is 0 Å². The summed E-state index contributed by atoms with van der Waals surface area (Å²) < 4.78 is 11.3. The van der Waals surface area contributed by atoms with E-state index >= 15 is 0 Å². The van der Waals surface area contributed by atoms with Crippen LogP contribution in [0.15, 0.2) is 6.07 Å². The van der Waals surface area contributed by atoms with E-state index in [1.807, 2.05) is 0 Å². The normalized spacial score (nSPS) is 15.8. The molecule has 0 radical (unpaired) electrons. The van der Waals surface area contributed by atoms with Crippen molar-refractivity contribution in [3.63, 3.8) is 0 Å². The van der Waals surface area contributed by atoms with Gasteiger partial charge in [0.05, 0.1) is 13.2 Å². The average Bonchev–Trinajstić information content (AvgIpc) is 2.95. The highest BCUT2D eigenvalue weighted by Crippen LogP contribution is 2.41. The zero-order chi connectivity index (χ0) is 12.5. The standard InChI is InChI=1S/C14H16O4/c15-13(16)3-1-2-11-10-5-7-17-12(10)8-9-4-6-18-14(9)11/h8H,1-7H2,(H,15,16). The Bertz CT molecular complexity index is 461. The van der Waals surface area contributed by atoms with Crippen LogP contribution in [0.5, 0.6) is 11.5 Å². The molecule has 4 nitrogen and oxygen atoms in total. The second kappa shape index (κ2) is 4.52. The van der Waals surface area contributed by atoms with Crippen molar-refractivity contribution in [3.8, 4) is 11.5 Å². The first-order chi connectivity index (χ1) is 8.75. The zero-order valence-electron chi connectivity index (χ0n) is 10.2. The van der Waals surface area contributed by atoms with Gasteiger partial charge in [0.25, 0.3) is 0 Å². The molecule has 2 aliphatic rings. The van der Waals surface area contributed by atoms with Crippen LogP contribution in [0.2, 0.25) is 0 Å². The third-order valence-electron chi connectivity index (χ3n) is 3.58. The van der Waals surface area contributed by atoms with Crippen LogP contribution >= 0.6 is 0 Å². The summed E-state index contributed by atoms with van der Waals surface area (Å²) >= 11 is 0. The van der Waals surface area contributed by atoms with Gasteiger partial charge in [0.15, 0.2) is 0 Å². The number of carboxylic acid groups (broad SMARTS) is 1. The van der Waals surface area contributed by atoms with E-state index < -0.39 is 5.97 Å². The maximum absolute atomic E-state index is 10.6. The first kappa shape index (κ1) is 11.4. The fourth-order valence-corrected chi connectivity index (χ4v) is 2.77. The highest BCUT2D eigenvalue weighted by atomic mass is 16.5. The summed E-state index contributed by atoms with van der Waals surface area (Å²) in [5, 5.41) is 8.72. The molecule has 18 heavy (non-hydrogen) atoms. The van der Waals surface area contributed by atoms with Crippen LogP contribution in [-0.2, 0) is 24.1 Å². The Morgan fingerprint density at radius 3 is 2.94 bits per heavy atom. The Labute approximate surface area is 106 Å². The van der Waals surface area contributed by atoms with Crippen LogP contribution in [0.3, 0.4) is 0 Å². The molecular weight excluding hydrogens is 232 g/mol. The Morgan fingerprint density at radius 1 is 1.28 bits per heavy atom. The zero-order valence-corrected chi connectivity index (χ0v) is 10.2. The molecule has 0 saturated carbocycles. The van der Waals surface area contributed by atoms with Crippen molar-refractivity contribution in [1.82, 2.24) is 0 Å². The van der Waals surface area contributed by atoms with Gasteiger partial charge >= 0.3 is 5.97 Å². The van der Waals surface area contributed by atoms with Crippen molar-refractivity contribution in [2.24, 2.45) is 0 Å². The van der Waals surface area contributed by atoms with Crippen molar-refractivity contribution in [1.29, 1.82) is 0 Å². The van der Waals surface area contributed by atoms with Gasteiger partial charge in [-0.1, -0.05) is 0 Å². The number of rotatable bonds is 4. The molecule has 0 spiro atoms. The molecule has 4 heteroatoms. The summed E-state index contributed by atoms with van der Waals surface area (Å²) in [7, 11) is 0. The summed E-state index contributed by atoms with van der Waals surface area (Å²) in [6, 6.07) is 2.09. The van der Waals surface area contributed by atoms with Crippen LogP contribution in [0.4, 0.5) is 0 Å². The number of benzene rings is 1. The highest BCUT2D eigenvalue weighted by Gasteiger charge is 2.25. The minimum absolute atomic E-state index is 0.208. The summed E-state index contributed by atoms with van der Waals surface area (Å²) in [4.78, 5) is 10.6. The van der Waals surface area contributed by atoms with E-state index in [4.69, 9.17) is 14.6 Å². The topological polar surface area (TPSA) is 55.8 Å². The molecule has 2 aliphatic heterocycles. The van der Waals surface area contributed by atoms with E-state index in [-0.39, 0.29) is 6.42 Å². The molecule has 1 N–H and O–H groups in total. The van der Waals surface area contributed by atoms with Crippen LogP contribution < -0.4 is 9.47 Å². The maximum atomic E-state index is 10.6. The second-order valence-electron chi connectivity index (χ2n) is 4.76. The SMILES string of the molecule is O=C(O)CCCc1c2c(cc3c1OCC3)OCC2. The predicted molar refractivity (Wildman–Crippen MR) is 65.4 cm³/mol. The Morgan fingerprint density at radius 2 is 2.11 bits per heavy atom. The van der Waals surface area contributed by atoms with Gasteiger partial charge in [0.1, 0.15) is 11.5 Å². The van der Waals surface area contributed by atoms with E-state index in [2.05, 4.69) is 6.07 Å². The number of ether oxygens (including phenoxy) is 2. The molecule has 0 fully saturated rings. The summed E-state index contributed by atoms with van der Waals surface area (Å²) in [6.45, 7) is 1.45. The quantitative estimate of drug-likeness (QED) is 0.885. The lowest BCUT2D eigenvalue weighted by molar-refractivity contribution is -0.137. The smallest absolute Gasteiger partial charge is 0.303 e. The number of carboxylic acids is 1. The molecule has 0 atom stereocenters. The van der Waals surface area contributed by atoms with E-state index in [1.165, 1.54) is 16.7 Å². The number of aliphatic carboxylic acids is 1.